The Balaban J connectivity index is 0.000000941. The zero-order valence-electron chi connectivity index (χ0n) is 18.0. The molecule has 0 amide bonds. The zero-order valence-corrected chi connectivity index (χ0v) is 18.0. The monoisotopic (exact) mass is 394 g/mol. The quantitative estimate of drug-likeness (QED) is 0.497. The molecule has 29 heavy (non-hydrogen) atoms. The minimum atomic E-state index is -0.587. The molecule has 0 N–H and O–H groups in total. The van der Waals surface area contributed by atoms with Gasteiger partial charge in [-0.05, 0) is 74.2 Å². The Morgan fingerprint density at radius 1 is 0.966 bits per heavy atom. The van der Waals surface area contributed by atoms with E-state index in [1.165, 1.54) is 30.0 Å². The van der Waals surface area contributed by atoms with Gasteiger partial charge in [-0.2, -0.15) is 5.26 Å². The fourth-order valence-electron chi connectivity index (χ4n) is 4.05. The maximum atomic E-state index is 13.4. The Morgan fingerprint density at radius 2 is 1.62 bits per heavy atom. The Labute approximate surface area is 176 Å². The van der Waals surface area contributed by atoms with Crippen LogP contribution < -0.4 is 0 Å². The molecule has 1 aliphatic rings. The van der Waals surface area contributed by atoms with Crippen molar-refractivity contribution in [2.24, 2.45) is 0 Å². The number of hydrogen-bond donors (Lipinski definition) is 0. The summed E-state index contributed by atoms with van der Waals surface area (Å²) in [6, 6.07) is 21.5. The summed E-state index contributed by atoms with van der Waals surface area (Å²) >= 11 is 0. The minimum Gasteiger partial charge on any atom is -0.303 e. The van der Waals surface area contributed by atoms with E-state index in [4.69, 9.17) is 5.26 Å². The molecule has 2 unspecified atom stereocenters. The van der Waals surface area contributed by atoms with E-state index in [2.05, 4.69) is 66.4 Å². The van der Waals surface area contributed by atoms with Gasteiger partial charge in [-0.25, -0.2) is 4.39 Å². The number of nitrogens with zero attached hydrogens (tertiary/aromatic N) is 2. The Morgan fingerprint density at radius 3 is 2.21 bits per heavy atom. The molecule has 0 aromatic heterocycles. The van der Waals surface area contributed by atoms with E-state index in [0.717, 1.165) is 45.3 Å². The van der Waals surface area contributed by atoms with Gasteiger partial charge in [0.05, 0.1) is 6.07 Å². The van der Waals surface area contributed by atoms with Crippen molar-refractivity contribution in [3.05, 3.63) is 71.3 Å². The highest BCUT2D eigenvalue weighted by Gasteiger charge is 2.25. The maximum Gasteiger partial charge on any atom is 0.101 e. The molecule has 2 aromatic rings. The van der Waals surface area contributed by atoms with E-state index in [9.17, 15) is 4.39 Å². The summed E-state index contributed by atoms with van der Waals surface area (Å²) in [5, 5.41) is 7.32. The van der Waals surface area contributed by atoms with Crippen molar-refractivity contribution in [2.45, 2.75) is 64.5 Å². The van der Waals surface area contributed by atoms with Crippen LogP contribution in [-0.4, -0.2) is 30.7 Å². The molecular weight excluding hydrogens is 359 g/mol. The van der Waals surface area contributed by atoms with E-state index < -0.39 is 6.17 Å². The fourth-order valence-corrected chi connectivity index (χ4v) is 4.05. The van der Waals surface area contributed by atoms with E-state index in [0.29, 0.717) is 12.3 Å². The van der Waals surface area contributed by atoms with E-state index in [-0.39, 0.29) is 0 Å². The molecule has 156 valence electrons. The van der Waals surface area contributed by atoms with Crippen LogP contribution in [0.1, 0.15) is 62.1 Å². The lowest BCUT2D eigenvalue weighted by atomic mass is 9.96. The third-order valence-electron chi connectivity index (χ3n) is 5.77. The molecular formula is C26H35FN2. The lowest BCUT2D eigenvalue weighted by molar-refractivity contribution is 0.288. The SMILES string of the molecule is CC#N.CCN(CCCc1ccc(C2CCC(F)C2)cc1)CCc1ccccc1. The van der Waals surface area contributed by atoms with Crippen molar-refractivity contribution in [1.82, 2.24) is 4.90 Å². The number of halogens is 1. The minimum absolute atomic E-state index is 0.438. The molecule has 2 nitrogen and oxygen atoms in total. The average Bonchev–Trinajstić information content (AvgIpc) is 3.18. The van der Waals surface area contributed by atoms with Crippen LogP contribution in [0.2, 0.25) is 0 Å². The first-order valence-corrected chi connectivity index (χ1v) is 11.0. The molecule has 2 aromatic carbocycles. The van der Waals surface area contributed by atoms with Crippen molar-refractivity contribution in [2.75, 3.05) is 19.6 Å². The molecule has 1 saturated carbocycles. The first-order valence-electron chi connectivity index (χ1n) is 11.0. The molecule has 0 saturated heterocycles. The van der Waals surface area contributed by atoms with Crippen LogP contribution in [0.5, 0.6) is 0 Å². The summed E-state index contributed by atoms with van der Waals surface area (Å²) in [6.07, 6.45) is 5.31. The van der Waals surface area contributed by atoms with Gasteiger partial charge in [-0.1, -0.05) is 61.5 Å². The summed E-state index contributed by atoms with van der Waals surface area (Å²) in [6.45, 7) is 7.07. The number of hydrogen-bond acceptors (Lipinski definition) is 2. The van der Waals surface area contributed by atoms with Crippen LogP contribution in [0.15, 0.2) is 54.6 Å². The van der Waals surface area contributed by atoms with Crippen LogP contribution >= 0.6 is 0 Å². The molecule has 3 heteroatoms. The normalized spacial score (nSPS) is 18.2. The number of alkyl halides is 1. The number of likely N-dealkylation sites (N-methyl/N-ethyl adjacent to an activating group) is 1. The lowest BCUT2D eigenvalue weighted by Crippen LogP contribution is -2.27. The second kappa shape index (κ2) is 13.1. The molecule has 0 radical (unpaired) electrons. The highest BCUT2D eigenvalue weighted by Crippen LogP contribution is 2.36. The molecule has 1 fully saturated rings. The van der Waals surface area contributed by atoms with Gasteiger partial charge in [0.15, 0.2) is 0 Å². The topological polar surface area (TPSA) is 27.0 Å². The third kappa shape index (κ3) is 8.38. The molecule has 0 aliphatic heterocycles. The predicted molar refractivity (Wildman–Crippen MR) is 120 cm³/mol. The summed E-state index contributed by atoms with van der Waals surface area (Å²) in [4.78, 5) is 2.54. The molecule has 0 spiro atoms. The van der Waals surface area contributed by atoms with E-state index in [1.807, 2.05) is 0 Å². The van der Waals surface area contributed by atoms with Crippen molar-refractivity contribution < 1.29 is 4.39 Å². The van der Waals surface area contributed by atoms with Gasteiger partial charge in [0.25, 0.3) is 0 Å². The second-order valence-electron chi connectivity index (χ2n) is 7.85. The van der Waals surface area contributed by atoms with Crippen molar-refractivity contribution in [1.29, 1.82) is 5.26 Å². The number of benzene rings is 2. The number of rotatable bonds is 9. The molecule has 0 bridgehead atoms. The standard InChI is InChI=1S/C24H32FN.C2H3N/c1-2-26(18-16-20-7-4-3-5-8-20)17-6-9-21-10-12-22(13-11-21)23-14-15-24(25)19-23;1-2-3/h3-5,7-8,10-13,23-24H,2,6,9,14-19H2,1H3;1H3. The van der Waals surface area contributed by atoms with Gasteiger partial charge in [-0.3, -0.25) is 0 Å². The first kappa shape index (κ1) is 23.1. The van der Waals surface area contributed by atoms with E-state index in [1.54, 1.807) is 6.07 Å². The van der Waals surface area contributed by atoms with Crippen LogP contribution in [0.25, 0.3) is 0 Å². The van der Waals surface area contributed by atoms with Gasteiger partial charge in [0.1, 0.15) is 6.17 Å². The van der Waals surface area contributed by atoms with Crippen LogP contribution in [0.3, 0.4) is 0 Å². The summed E-state index contributed by atoms with van der Waals surface area (Å²) in [5.41, 5.74) is 4.15. The summed E-state index contributed by atoms with van der Waals surface area (Å²) in [5.74, 6) is 0.438. The molecule has 1 aliphatic carbocycles. The molecule has 0 heterocycles. The Hall–Kier alpha value is -2.18. The van der Waals surface area contributed by atoms with Crippen LogP contribution in [0.4, 0.5) is 4.39 Å². The van der Waals surface area contributed by atoms with Gasteiger partial charge < -0.3 is 4.90 Å². The zero-order chi connectivity index (χ0) is 20.9. The third-order valence-corrected chi connectivity index (χ3v) is 5.77. The highest BCUT2D eigenvalue weighted by molar-refractivity contribution is 5.26. The average molecular weight is 395 g/mol. The first-order chi connectivity index (χ1) is 14.2. The number of aryl methyl sites for hydroxylation is 1. The Bertz CT molecular complexity index is 721. The smallest absolute Gasteiger partial charge is 0.101 e. The van der Waals surface area contributed by atoms with Crippen molar-refractivity contribution in [3.8, 4) is 6.07 Å². The molecule has 2 atom stereocenters. The Kier molecular flexibility index (Phi) is 10.5. The van der Waals surface area contributed by atoms with Gasteiger partial charge in [-0.15, -0.1) is 0 Å². The maximum absolute atomic E-state index is 13.4. The highest BCUT2D eigenvalue weighted by atomic mass is 19.1. The predicted octanol–water partition coefficient (Wildman–Crippen LogP) is 6.32. The second-order valence-corrected chi connectivity index (χ2v) is 7.85. The van der Waals surface area contributed by atoms with Crippen molar-refractivity contribution >= 4 is 0 Å². The van der Waals surface area contributed by atoms with E-state index >= 15 is 0 Å². The van der Waals surface area contributed by atoms with Gasteiger partial charge in [0, 0.05) is 13.5 Å². The van der Waals surface area contributed by atoms with Crippen molar-refractivity contribution in [3.63, 3.8) is 0 Å². The van der Waals surface area contributed by atoms with Gasteiger partial charge >= 0.3 is 0 Å². The summed E-state index contributed by atoms with van der Waals surface area (Å²) in [7, 11) is 0. The van der Waals surface area contributed by atoms with Crippen LogP contribution in [-0.2, 0) is 12.8 Å². The fraction of sp³-hybridized carbons (Fsp3) is 0.500. The largest absolute Gasteiger partial charge is 0.303 e. The number of nitriles is 1. The summed E-state index contributed by atoms with van der Waals surface area (Å²) < 4.78 is 13.4. The van der Waals surface area contributed by atoms with Gasteiger partial charge in [0.2, 0.25) is 0 Å². The van der Waals surface area contributed by atoms with Crippen LogP contribution in [0, 0.1) is 11.3 Å². The lowest BCUT2D eigenvalue weighted by Gasteiger charge is -2.20. The molecule has 3 rings (SSSR count).